The molecule has 1 aromatic rings. The maximum absolute atomic E-state index is 5.70. The van der Waals surface area contributed by atoms with E-state index in [0.717, 1.165) is 25.4 Å². The van der Waals surface area contributed by atoms with Gasteiger partial charge < -0.3 is 10.1 Å². The first-order valence-electron chi connectivity index (χ1n) is 5.63. The van der Waals surface area contributed by atoms with Crippen LogP contribution in [0, 0.1) is 5.92 Å². The molecule has 0 saturated carbocycles. The van der Waals surface area contributed by atoms with Crippen molar-refractivity contribution in [2.75, 3.05) is 19.7 Å². The zero-order valence-corrected chi connectivity index (χ0v) is 10.7. The number of ether oxygens (including phenoxy) is 1. The van der Waals surface area contributed by atoms with Crippen LogP contribution in [-0.4, -0.2) is 29.5 Å². The van der Waals surface area contributed by atoms with Crippen LogP contribution in [0.25, 0.3) is 0 Å². The summed E-state index contributed by atoms with van der Waals surface area (Å²) in [5.41, 5.74) is 0. The van der Waals surface area contributed by atoms with Crippen LogP contribution >= 0.6 is 12.4 Å². The summed E-state index contributed by atoms with van der Waals surface area (Å²) in [6.45, 7) is 7.23. The molecule has 4 nitrogen and oxygen atoms in total. The van der Waals surface area contributed by atoms with E-state index in [-0.39, 0.29) is 12.4 Å². The van der Waals surface area contributed by atoms with Gasteiger partial charge in [-0.15, -0.1) is 12.4 Å². The average Bonchev–Trinajstić information content (AvgIpc) is 2.86. The SMILES string of the molecule is CC(C)n1cc(OCC2CCNC2)cn1.Cl. The van der Waals surface area contributed by atoms with Gasteiger partial charge >= 0.3 is 0 Å². The molecule has 2 heterocycles. The molecule has 2 rings (SSSR count). The van der Waals surface area contributed by atoms with E-state index in [1.54, 1.807) is 6.20 Å². The summed E-state index contributed by atoms with van der Waals surface area (Å²) in [4.78, 5) is 0. The molecule has 0 aromatic carbocycles. The number of hydrogen-bond donors (Lipinski definition) is 1. The molecule has 0 spiro atoms. The van der Waals surface area contributed by atoms with Gasteiger partial charge in [0.05, 0.1) is 19.0 Å². The fourth-order valence-corrected chi connectivity index (χ4v) is 1.75. The molecule has 92 valence electrons. The lowest BCUT2D eigenvalue weighted by Gasteiger charge is -2.08. The largest absolute Gasteiger partial charge is 0.490 e. The summed E-state index contributed by atoms with van der Waals surface area (Å²) in [6, 6.07) is 0.399. The number of halogens is 1. The third-order valence-electron chi connectivity index (χ3n) is 2.75. The molecule has 1 aliphatic rings. The lowest BCUT2D eigenvalue weighted by molar-refractivity contribution is 0.259. The van der Waals surface area contributed by atoms with Crippen molar-refractivity contribution in [3.8, 4) is 5.75 Å². The van der Waals surface area contributed by atoms with E-state index >= 15 is 0 Å². The van der Waals surface area contributed by atoms with Gasteiger partial charge in [-0.1, -0.05) is 0 Å². The highest BCUT2D eigenvalue weighted by molar-refractivity contribution is 5.85. The minimum absolute atomic E-state index is 0. The normalized spacial score (nSPS) is 19.8. The zero-order valence-electron chi connectivity index (χ0n) is 9.85. The summed E-state index contributed by atoms with van der Waals surface area (Å²) < 4.78 is 7.62. The van der Waals surface area contributed by atoms with Gasteiger partial charge in [-0.2, -0.15) is 5.10 Å². The van der Waals surface area contributed by atoms with Crippen LogP contribution < -0.4 is 10.1 Å². The molecular weight excluding hydrogens is 226 g/mol. The Kier molecular flexibility index (Phi) is 5.09. The minimum atomic E-state index is 0. The second kappa shape index (κ2) is 6.11. The standard InChI is InChI=1S/C11H19N3O.ClH/c1-9(2)14-7-11(6-13-14)15-8-10-3-4-12-5-10;/h6-7,9-10,12H,3-5,8H2,1-2H3;1H. The molecule has 0 bridgehead atoms. The summed E-state index contributed by atoms with van der Waals surface area (Å²) >= 11 is 0. The van der Waals surface area contributed by atoms with Crippen LogP contribution in [0.15, 0.2) is 12.4 Å². The second-order valence-corrected chi connectivity index (χ2v) is 4.42. The fourth-order valence-electron chi connectivity index (χ4n) is 1.75. The van der Waals surface area contributed by atoms with Gasteiger partial charge in [-0.05, 0) is 26.8 Å². The Labute approximate surface area is 103 Å². The Bertz CT molecular complexity index is 308. The van der Waals surface area contributed by atoms with Crippen LogP contribution in [0.1, 0.15) is 26.3 Å². The van der Waals surface area contributed by atoms with Gasteiger partial charge in [0.15, 0.2) is 5.75 Å². The fraction of sp³-hybridized carbons (Fsp3) is 0.727. The number of aromatic nitrogens is 2. The smallest absolute Gasteiger partial charge is 0.157 e. The first kappa shape index (κ1) is 13.3. The maximum atomic E-state index is 5.70. The molecule has 1 unspecified atom stereocenters. The van der Waals surface area contributed by atoms with Crippen molar-refractivity contribution in [2.45, 2.75) is 26.3 Å². The molecule has 1 aromatic heterocycles. The molecule has 5 heteroatoms. The Balaban J connectivity index is 0.00000128. The van der Waals surface area contributed by atoms with Crippen molar-refractivity contribution in [3.05, 3.63) is 12.4 Å². The molecule has 0 amide bonds. The molecule has 1 aliphatic heterocycles. The van der Waals surface area contributed by atoms with E-state index in [9.17, 15) is 0 Å². The van der Waals surface area contributed by atoms with Crippen molar-refractivity contribution in [1.29, 1.82) is 0 Å². The highest BCUT2D eigenvalue weighted by Crippen LogP contribution is 2.15. The molecule has 0 radical (unpaired) electrons. The molecule has 1 atom stereocenters. The molecule has 0 aliphatic carbocycles. The molecular formula is C11H20ClN3O. The van der Waals surface area contributed by atoms with Crippen molar-refractivity contribution in [1.82, 2.24) is 15.1 Å². The van der Waals surface area contributed by atoms with Gasteiger partial charge in [0.1, 0.15) is 0 Å². The van der Waals surface area contributed by atoms with Crippen molar-refractivity contribution in [2.24, 2.45) is 5.92 Å². The summed E-state index contributed by atoms with van der Waals surface area (Å²) in [7, 11) is 0. The predicted molar refractivity (Wildman–Crippen MR) is 66.3 cm³/mol. The van der Waals surface area contributed by atoms with Crippen LogP contribution in [0.2, 0.25) is 0 Å². The van der Waals surface area contributed by atoms with Crippen LogP contribution in [-0.2, 0) is 0 Å². The average molecular weight is 246 g/mol. The topological polar surface area (TPSA) is 39.1 Å². The predicted octanol–water partition coefficient (Wildman–Crippen LogP) is 1.87. The lowest BCUT2D eigenvalue weighted by Crippen LogP contribution is -2.15. The Morgan fingerprint density at radius 2 is 2.44 bits per heavy atom. The zero-order chi connectivity index (χ0) is 10.7. The van der Waals surface area contributed by atoms with Crippen LogP contribution in [0.5, 0.6) is 5.75 Å². The van der Waals surface area contributed by atoms with Gasteiger partial charge in [0.25, 0.3) is 0 Å². The monoisotopic (exact) mass is 245 g/mol. The molecule has 1 saturated heterocycles. The molecule has 1 N–H and O–H groups in total. The Hall–Kier alpha value is -0.740. The van der Waals surface area contributed by atoms with E-state index in [0.29, 0.717) is 12.0 Å². The van der Waals surface area contributed by atoms with Crippen LogP contribution in [0.4, 0.5) is 0 Å². The van der Waals surface area contributed by atoms with E-state index in [1.807, 2.05) is 10.9 Å². The van der Waals surface area contributed by atoms with Crippen molar-refractivity contribution < 1.29 is 4.74 Å². The van der Waals surface area contributed by atoms with E-state index in [1.165, 1.54) is 6.42 Å². The Morgan fingerprint density at radius 1 is 1.62 bits per heavy atom. The van der Waals surface area contributed by atoms with Gasteiger partial charge in [0, 0.05) is 18.5 Å². The van der Waals surface area contributed by atoms with Crippen LogP contribution in [0.3, 0.4) is 0 Å². The summed E-state index contributed by atoms with van der Waals surface area (Å²) in [5, 5.41) is 7.57. The van der Waals surface area contributed by atoms with E-state index in [4.69, 9.17) is 4.74 Å². The van der Waals surface area contributed by atoms with Crippen molar-refractivity contribution in [3.63, 3.8) is 0 Å². The third-order valence-corrected chi connectivity index (χ3v) is 2.75. The first-order valence-corrected chi connectivity index (χ1v) is 5.63. The quantitative estimate of drug-likeness (QED) is 0.881. The van der Waals surface area contributed by atoms with E-state index in [2.05, 4.69) is 24.3 Å². The van der Waals surface area contributed by atoms with Crippen molar-refractivity contribution >= 4 is 12.4 Å². The summed E-state index contributed by atoms with van der Waals surface area (Å²) in [5.74, 6) is 1.54. The number of nitrogens with zero attached hydrogens (tertiary/aromatic N) is 2. The number of nitrogens with one attached hydrogen (secondary N) is 1. The summed E-state index contributed by atoms with van der Waals surface area (Å²) in [6.07, 6.45) is 4.98. The highest BCUT2D eigenvalue weighted by Gasteiger charge is 2.15. The minimum Gasteiger partial charge on any atom is -0.490 e. The van der Waals surface area contributed by atoms with Gasteiger partial charge in [-0.25, -0.2) is 0 Å². The lowest BCUT2D eigenvalue weighted by atomic mass is 10.1. The van der Waals surface area contributed by atoms with Gasteiger partial charge in [0.2, 0.25) is 0 Å². The molecule has 1 fully saturated rings. The number of hydrogen-bond acceptors (Lipinski definition) is 3. The van der Waals surface area contributed by atoms with Gasteiger partial charge in [-0.3, -0.25) is 4.68 Å². The van der Waals surface area contributed by atoms with E-state index < -0.39 is 0 Å². The maximum Gasteiger partial charge on any atom is 0.157 e. The number of rotatable bonds is 4. The highest BCUT2D eigenvalue weighted by atomic mass is 35.5. The second-order valence-electron chi connectivity index (χ2n) is 4.42. The first-order chi connectivity index (χ1) is 7.25. The third kappa shape index (κ3) is 3.39. The molecule has 16 heavy (non-hydrogen) atoms. The Morgan fingerprint density at radius 3 is 3.00 bits per heavy atom.